The number of aliphatic hydroxyl groups excluding tert-OH is 5. The maximum atomic E-state index is 14.6. The van der Waals surface area contributed by atoms with Crippen LogP contribution in [0.5, 0.6) is 0 Å². The molecule has 26 heteroatoms. The van der Waals surface area contributed by atoms with Gasteiger partial charge in [-0.05, 0) is 45.7 Å². The lowest BCUT2D eigenvalue weighted by Crippen LogP contribution is -2.48. The number of halogens is 6. The molecule has 1 aliphatic heterocycles. The average molecular weight is 927 g/mol. The van der Waals surface area contributed by atoms with Crippen LogP contribution in [0.2, 0.25) is 0 Å². The number of benzene rings is 1. The van der Waals surface area contributed by atoms with Crippen LogP contribution >= 0.6 is 0 Å². The average Bonchev–Trinajstić information content (AvgIpc) is 3.84. The molecule has 0 bridgehead atoms. The van der Waals surface area contributed by atoms with Crippen LogP contribution in [0.25, 0.3) is 0 Å². The minimum atomic E-state index is -5.01. The number of rotatable bonds is 22. The summed E-state index contributed by atoms with van der Waals surface area (Å²) in [4.78, 5) is 44.1. The van der Waals surface area contributed by atoms with E-state index in [2.05, 4.69) is 25.9 Å². The molecule has 1 aliphatic rings. The molecule has 0 fully saturated rings. The molecule has 1 unspecified atom stereocenters. The monoisotopic (exact) mass is 926 g/mol. The number of nitrogens with zero attached hydrogens (tertiary/aromatic N) is 6. The summed E-state index contributed by atoms with van der Waals surface area (Å²) in [6, 6.07) is -0.383. The molecule has 0 saturated heterocycles. The van der Waals surface area contributed by atoms with Gasteiger partial charge in [0.15, 0.2) is 17.3 Å². The van der Waals surface area contributed by atoms with Gasteiger partial charge < -0.3 is 64.6 Å². The number of carbonyl (C=O) groups is 3. The number of nitrogens with one attached hydrogen (secondary N) is 2. The number of aliphatic hydroxyl groups is 5. The third-order valence-electron chi connectivity index (χ3n) is 9.39. The first-order valence-corrected chi connectivity index (χ1v) is 19.9. The Balaban J connectivity index is 1.29. The molecule has 3 heterocycles. The number of ether oxygens (including phenoxy) is 4. The smallest absolute Gasteiger partial charge is 0.444 e. The Morgan fingerprint density at radius 3 is 2.30 bits per heavy atom. The molecule has 0 spiro atoms. The van der Waals surface area contributed by atoms with Crippen molar-refractivity contribution in [3.63, 3.8) is 0 Å². The predicted molar refractivity (Wildman–Crippen MR) is 205 cm³/mol. The highest BCUT2D eigenvalue weighted by Crippen LogP contribution is 2.33. The summed E-state index contributed by atoms with van der Waals surface area (Å²) in [7, 11) is 0. The molecule has 0 radical (unpaired) electrons. The molecule has 2 amide bonds. The van der Waals surface area contributed by atoms with E-state index >= 15 is 0 Å². The van der Waals surface area contributed by atoms with Crippen LogP contribution in [0.1, 0.15) is 67.4 Å². The van der Waals surface area contributed by atoms with Crippen molar-refractivity contribution >= 4 is 18.0 Å². The number of hydrogen-bond donors (Lipinski definition) is 7. The van der Waals surface area contributed by atoms with Gasteiger partial charge in [0, 0.05) is 50.9 Å². The summed E-state index contributed by atoms with van der Waals surface area (Å²) in [6.07, 6.45) is -13.4. The predicted octanol–water partition coefficient (Wildman–Crippen LogP) is 0.541. The van der Waals surface area contributed by atoms with Crippen LogP contribution in [0.3, 0.4) is 0 Å². The van der Waals surface area contributed by atoms with E-state index < -0.39 is 128 Å². The van der Waals surface area contributed by atoms with Crippen molar-refractivity contribution in [2.24, 2.45) is 0 Å². The molecule has 64 heavy (non-hydrogen) atoms. The lowest BCUT2D eigenvalue weighted by atomic mass is 10.0. The molecule has 0 saturated carbocycles. The summed E-state index contributed by atoms with van der Waals surface area (Å²) >= 11 is 0. The Bertz CT molecular complexity index is 2030. The van der Waals surface area contributed by atoms with E-state index in [0.29, 0.717) is 17.8 Å². The minimum Gasteiger partial charge on any atom is -0.444 e. The lowest BCUT2D eigenvalue weighted by molar-refractivity contribution is -0.148. The number of esters is 1. The van der Waals surface area contributed by atoms with Crippen molar-refractivity contribution < 1.29 is 85.2 Å². The van der Waals surface area contributed by atoms with Crippen LogP contribution in [-0.4, -0.2) is 155 Å². The van der Waals surface area contributed by atoms with E-state index in [-0.39, 0.29) is 57.3 Å². The van der Waals surface area contributed by atoms with Crippen molar-refractivity contribution in [2.75, 3.05) is 39.5 Å². The second kappa shape index (κ2) is 22.8. The normalized spacial score (nSPS) is 16.1. The zero-order valence-electron chi connectivity index (χ0n) is 35.2. The molecule has 20 nitrogen and oxygen atoms in total. The summed E-state index contributed by atoms with van der Waals surface area (Å²) < 4.78 is 108. The first-order valence-electron chi connectivity index (χ1n) is 19.9. The van der Waals surface area contributed by atoms with Gasteiger partial charge in [-0.15, -0.1) is 5.10 Å². The third kappa shape index (κ3) is 15.1. The molecular weight excluding hydrogens is 874 g/mol. The van der Waals surface area contributed by atoms with Gasteiger partial charge in [-0.25, -0.2) is 32.4 Å². The first kappa shape index (κ1) is 51.7. The Morgan fingerprint density at radius 2 is 1.62 bits per heavy atom. The van der Waals surface area contributed by atoms with Crippen molar-refractivity contribution in [2.45, 2.75) is 115 Å². The fourth-order valence-corrected chi connectivity index (χ4v) is 6.27. The van der Waals surface area contributed by atoms with E-state index in [9.17, 15) is 61.2 Å². The summed E-state index contributed by atoms with van der Waals surface area (Å²) in [6.45, 7) is 4.02. The molecule has 0 aliphatic carbocycles. The van der Waals surface area contributed by atoms with Gasteiger partial charge in [0.1, 0.15) is 29.7 Å². The van der Waals surface area contributed by atoms with E-state index in [0.717, 1.165) is 9.47 Å². The van der Waals surface area contributed by atoms with Crippen molar-refractivity contribution in [3.05, 3.63) is 64.3 Å². The van der Waals surface area contributed by atoms with Gasteiger partial charge in [-0.3, -0.25) is 4.79 Å². The molecule has 4 rings (SSSR count). The Labute approximate surface area is 362 Å². The molecule has 358 valence electrons. The number of aromatic nitrogens is 5. The maximum Gasteiger partial charge on any atom is 0.449 e. The fourth-order valence-electron chi connectivity index (χ4n) is 6.27. The quantitative estimate of drug-likeness (QED) is 0.0238. The summed E-state index contributed by atoms with van der Waals surface area (Å²) in [5.74, 6) is -7.45. The maximum absolute atomic E-state index is 14.6. The van der Waals surface area contributed by atoms with Crippen LogP contribution in [-0.2, 0) is 62.5 Å². The Kier molecular flexibility index (Phi) is 18.4. The number of fused-ring (bicyclic) bond motifs is 1. The van der Waals surface area contributed by atoms with Crippen molar-refractivity contribution in [1.29, 1.82) is 0 Å². The van der Waals surface area contributed by atoms with Gasteiger partial charge in [0.2, 0.25) is 18.0 Å². The van der Waals surface area contributed by atoms with Crippen LogP contribution < -0.4 is 10.6 Å². The first-order chi connectivity index (χ1) is 30.0. The largest absolute Gasteiger partial charge is 0.449 e. The number of carbonyl (C=O) groups excluding carboxylic acids is 3. The van der Waals surface area contributed by atoms with E-state index in [1.807, 2.05) is 0 Å². The zero-order chi connectivity index (χ0) is 47.5. The molecular formula is C38H52F6N8O12. The van der Waals surface area contributed by atoms with E-state index in [1.165, 1.54) is 11.6 Å². The van der Waals surface area contributed by atoms with Crippen LogP contribution in [0, 0.1) is 17.5 Å². The van der Waals surface area contributed by atoms with Gasteiger partial charge in [0.25, 0.3) is 0 Å². The van der Waals surface area contributed by atoms with E-state index in [4.69, 9.17) is 24.1 Å². The highest BCUT2D eigenvalue weighted by atomic mass is 19.4. The van der Waals surface area contributed by atoms with Crippen LogP contribution in [0.4, 0.5) is 31.1 Å². The SMILES string of the molecule is CC(OCCOCCn1cc(CNC[C@H](O)[C@@H](O)[C@H](O)[C@H](O)CO)nn1)OC(=O)c1nc(C(F)(F)F)n2c1CN(C(=O)C[C@@H](Cc1cc(F)c(F)cc1F)NC(=O)OC(C)(C)C)CC2. The topological polar surface area (TPSA) is 265 Å². The molecule has 7 N–H and O–H groups in total. The van der Waals surface area contributed by atoms with Crippen molar-refractivity contribution in [3.8, 4) is 0 Å². The summed E-state index contributed by atoms with van der Waals surface area (Å²) in [5.41, 5.74) is -1.97. The highest BCUT2D eigenvalue weighted by molar-refractivity contribution is 5.89. The number of hydrogen-bond acceptors (Lipinski definition) is 16. The number of alkyl halides is 3. The molecule has 2 aromatic heterocycles. The minimum absolute atomic E-state index is 0.0102. The van der Waals surface area contributed by atoms with Gasteiger partial charge in [-0.2, -0.15) is 13.2 Å². The van der Waals surface area contributed by atoms with Crippen LogP contribution in [0.15, 0.2) is 18.3 Å². The number of amides is 2. The number of alkyl carbamates (subject to hydrolysis) is 1. The molecule has 3 aromatic rings. The second-order valence-corrected chi connectivity index (χ2v) is 15.7. The van der Waals surface area contributed by atoms with Gasteiger partial charge >= 0.3 is 18.2 Å². The third-order valence-corrected chi connectivity index (χ3v) is 9.39. The van der Waals surface area contributed by atoms with Gasteiger partial charge in [-0.1, -0.05) is 5.21 Å². The highest BCUT2D eigenvalue weighted by Gasteiger charge is 2.42. The Morgan fingerprint density at radius 1 is 0.938 bits per heavy atom. The van der Waals surface area contributed by atoms with Crippen molar-refractivity contribution in [1.82, 2.24) is 40.1 Å². The Hall–Kier alpha value is -4.96. The lowest BCUT2D eigenvalue weighted by Gasteiger charge is -2.31. The fraction of sp³-hybridized carbons (Fsp3) is 0.632. The standard InChI is InChI=1S/C38H52F6N8O12/c1-20(62-10-9-61-8-7-51-17-23(48-49-51)15-45-16-28(54)32(57)33(58)29(55)19-53)63-34(59)31-27-18-50(5-6-52(27)35(47-31)38(42,43)44)30(56)13-22(46-36(60)64-37(2,3)4)11-21-12-25(40)26(41)14-24(21)39/h12,14,17,20,22,28-29,32-33,45,53-55,57-58H,5-11,13,15-16,18-19H2,1-4H3,(H,46,60)/t20?,22-,28+,29-,32-,33-/m1/s1. The number of imidazole rings is 1. The molecule has 6 atom stereocenters. The van der Waals surface area contributed by atoms with E-state index in [1.54, 1.807) is 27.0 Å². The summed E-state index contributed by atoms with van der Waals surface area (Å²) in [5, 5.41) is 61.0. The second-order valence-electron chi connectivity index (χ2n) is 15.7. The van der Waals surface area contributed by atoms with Gasteiger partial charge in [0.05, 0.1) is 57.0 Å². The zero-order valence-corrected chi connectivity index (χ0v) is 35.2. The molecule has 1 aromatic carbocycles.